The molecule has 1 aromatic carbocycles. The lowest BCUT2D eigenvalue weighted by atomic mass is 10.2. The molecule has 5 nitrogen and oxygen atoms in total. The van der Waals surface area contributed by atoms with Crippen LogP contribution in [0.15, 0.2) is 35.5 Å². The summed E-state index contributed by atoms with van der Waals surface area (Å²) in [5.74, 6) is 7.55. The van der Waals surface area contributed by atoms with Gasteiger partial charge in [0.05, 0.1) is 0 Å². The summed E-state index contributed by atoms with van der Waals surface area (Å²) in [5.41, 5.74) is 4.16. The van der Waals surface area contributed by atoms with Gasteiger partial charge >= 0.3 is 0 Å². The zero-order valence-electron chi connectivity index (χ0n) is 12.8. The first-order valence-electron chi connectivity index (χ1n) is 7.14. The van der Waals surface area contributed by atoms with E-state index in [1.165, 1.54) is 10.5 Å². The van der Waals surface area contributed by atoms with Gasteiger partial charge in [-0.15, -0.1) is 11.8 Å². The highest BCUT2D eigenvalue weighted by Gasteiger charge is 2.14. The van der Waals surface area contributed by atoms with Gasteiger partial charge in [-0.2, -0.15) is 5.10 Å². The Labute approximate surface area is 130 Å². The molecule has 0 saturated heterocycles. The minimum absolute atomic E-state index is 0.165. The topological polar surface area (TPSA) is 68.8 Å². The van der Waals surface area contributed by atoms with E-state index in [0.29, 0.717) is 6.04 Å². The minimum atomic E-state index is 0.165. The van der Waals surface area contributed by atoms with Crippen LogP contribution in [0, 0.1) is 6.92 Å². The zero-order chi connectivity index (χ0) is 15.2. The fraction of sp³-hybridized carbons (Fsp3) is 0.467. The molecule has 0 spiro atoms. The van der Waals surface area contributed by atoms with Gasteiger partial charge in [0.1, 0.15) is 12.2 Å². The number of benzene rings is 1. The largest absolute Gasteiger partial charge is 0.271 e. The Balaban J connectivity index is 1.94. The molecule has 1 heterocycles. The fourth-order valence-corrected chi connectivity index (χ4v) is 3.01. The molecule has 114 valence electrons. The maximum Gasteiger partial charge on any atom is 0.138 e. The number of nitrogens with zero attached hydrogens (tertiary/aromatic N) is 3. The van der Waals surface area contributed by atoms with Crippen molar-refractivity contribution >= 4 is 11.8 Å². The Bertz CT molecular complexity index is 549. The lowest BCUT2D eigenvalue weighted by Crippen LogP contribution is -2.39. The molecule has 0 fully saturated rings. The lowest BCUT2D eigenvalue weighted by molar-refractivity contribution is 0.477. The number of thioether (sulfide) groups is 1. The number of nitrogens with two attached hydrogens (primary N) is 1. The molecule has 1 unspecified atom stereocenters. The van der Waals surface area contributed by atoms with Crippen molar-refractivity contribution in [3.05, 3.63) is 42.0 Å². The van der Waals surface area contributed by atoms with Crippen molar-refractivity contribution in [1.29, 1.82) is 0 Å². The van der Waals surface area contributed by atoms with Crippen molar-refractivity contribution in [2.45, 2.75) is 44.2 Å². The van der Waals surface area contributed by atoms with E-state index in [0.717, 1.165) is 18.0 Å². The summed E-state index contributed by atoms with van der Waals surface area (Å²) in [7, 11) is 0. The van der Waals surface area contributed by atoms with Crippen molar-refractivity contribution < 1.29 is 0 Å². The summed E-state index contributed by atoms with van der Waals surface area (Å²) >= 11 is 1.80. The summed E-state index contributed by atoms with van der Waals surface area (Å²) in [5, 5.41) is 4.26. The highest BCUT2D eigenvalue weighted by atomic mass is 32.2. The van der Waals surface area contributed by atoms with E-state index >= 15 is 0 Å². The highest BCUT2D eigenvalue weighted by Crippen LogP contribution is 2.20. The van der Waals surface area contributed by atoms with E-state index in [4.69, 9.17) is 5.84 Å². The molecule has 2 rings (SSSR count). The number of hydrazine groups is 1. The highest BCUT2D eigenvalue weighted by molar-refractivity contribution is 7.99. The van der Waals surface area contributed by atoms with Gasteiger partial charge in [-0.1, -0.05) is 17.7 Å². The SMILES string of the molecule is Cc1ccc(SCC(Cc2ncnn2C(C)C)NN)cc1. The monoisotopic (exact) mass is 305 g/mol. The van der Waals surface area contributed by atoms with E-state index < -0.39 is 0 Å². The van der Waals surface area contributed by atoms with Crippen LogP contribution in [0.4, 0.5) is 0 Å². The Morgan fingerprint density at radius 2 is 2.00 bits per heavy atom. The van der Waals surface area contributed by atoms with E-state index in [2.05, 4.69) is 60.5 Å². The summed E-state index contributed by atoms with van der Waals surface area (Å²) in [6.45, 7) is 6.30. The van der Waals surface area contributed by atoms with Crippen LogP contribution < -0.4 is 11.3 Å². The Kier molecular flexibility index (Phi) is 5.78. The summed E-state index contributed by atoms with van der Waals surface area (Å²) in [6.07, 6.45) is 2.38. The van der Waals surface area contributed by atoms with Crippen LogP contribution in [0.2, 0.25) is 0 Å². The van der Waals surface area contributed by atoms with Gasteiger partial charge in [0.15, 0.2) is 0 Å². The summed E-state index contributed by atoms with van der Waals surface area (Å²) in [6, 6.07) is 9.02. The third-order valence-corrected chi connectivity index (χ3v) is 4.45. The average Bonchev–Trinajstić information content (AvgIpc) is 2.93. The van der Waals surface area contributed by atoms with Gasteiger partial charge in [0, 0.05) is 29.2 Å². The van der Waals surface area contributed by atoms with Crippen molar-refractivity contribution in [3.63, 3.8) is 0 Å². The minimum Gasteiger partial charge on any atom is -0.271 e. The molecule has 1 aromatic heterocycles. The maximum atomic E-state index is 5.68. The van der Waals surface area contributed by atoms with E-state index in [1.807, 2.05) is 4.68 Å². The molecule has 3 N–H and O–H groups in total. The van der Waals surface area contributed by atoms with Crippen molar-refractivity contribution in [1.82, 2.24) is 20.2 Å². The fourth-order valence-electron chi connectivity index (χ4n) is 2.07. The van der Waals surface area contributed by atoms with Crippen LogP contribution in [-0.4, -0.2) is 26.6 Å². The zero-order valence-corrected chi connectivity index (χ0v) is 13.6. The quantitative estimate of drug-likeness (QED) is 0.467. The second-order valence-corrected chi connectivity index (χ2v) is 6.50. The van der Waals surface area contributed by atoms with E-state index in [-0.39, 0.29) is 6.04 Å². The first-order valence-corrected chi connectivity index (χ1v) is 8.12. The third kappa shape index (κ3) is 4.56. The predicted molar refractivity (Wildman–Crippen MR) is 87.1 cm³/mol. The van der Waals surface area contributed by atoms with Gasteiger partial charge in [-0.25, -0.2) is 9.67 Å². The van der Waals surface area contributed by atoms with Gasteiger partial charge < -0.3 is 0 Å². The number of hydrogen-bond acceptors (Lipinski definition) is 5. The first-order chi connectivity index (χ1) is 10.1. The lowest BCUT2D eigenvalue weighted by Gasteiger charge is -2.16. The number of nitrogens with one attached hydrogen (secondary N) is 1. The molecule has 1 atom stereocenters. The van der Waals surface area contributed by atoms with Crippen molar-refractivity contribution in [3.8, 4) is 0 Å². The molecule has 0 aliphatic carbocycles. The second kappa shape index (κ2) is 7.59. The van der Waals surface area contributed by atoms with Crippen LogP contribution >= 0.6 is 11.8 Å². The maximum absolute atomic E-state index is 5.68. The van der Waals surface area contributed by atoms with Crippen molar-refractivity contribution in [2.24, 2.45) is 5.84 Å². The molecule has 0 saturated carbocycles. The molecule has 2 aromatic rings. The molecular formula is C15H23N5S. The van der Waals surface area contributed by atoms with Gasteiger partial charge in [-0.3, -0.25) is 11.3 Å². The molecule has 6 heteroatoms. The van der Waals surface area contributed by atoms with E-state index in [1.54, 1.807) is 18.1 Å². The molecule has 0 radical (unpaired) electrons. The number of aryl methyl sites for hydroxylation is 1. The summed E-state index contributed by atoms with van der Waals surface area (Å²) in [4.78, 5) is 5.59. The number of rotatable bonds is 7. The molecular weight excluding hydrogens is 282 g/mol. The van der Waals surface area contributed by atoms with Crippen LogP contribution in [0.25, 0.3) is 0 Å². The molecule has 0 amide bonds. The van der Waals surface area contributed by atoms with Gasteiger partial charge in [0.2, 0.25) is 0 Å². The van der Waals surface area contributed by atoms with Crippen LogP contribution in [0.5, 0.6) is 0 Å². The average molecular weight is 305 g/mol. The second-order valence-electron chi connectivity index (χ2n) is 5.41. The van der Waals surface area contributed by atoms with Gasteiger partial charge in [-0.05, 0) is 32.9 Å². The smallest absolute Gasteiger partial charge is 0.138 e. The molecule has 0 aliphatic heterocycles. The van der Waals surface area contributed by atoms with Gasteiger partial charge in [0.25, 0.3) is 0 Å². The summed E-state index contributed by atoms with van der Waals surface area (Å²) < 4.78 is 1.95. The van der Waals surface area contributed by atoms with Crippen LogP contribution in [0.3, 0.4) is 0 Å². The Morgan fingerprint density at radius 3 is 2.62 bits per heavy atom. The van der Waals surface area contributed by atoms with E-state index in [9.17, 15) is 0 Å². The Hall–Kier alpha value is -1.37. The van der Waals surface area contributed by atoms with Crippen LogP contribution in [-0.2, 0) is 6.42 Å². The standard InChI is InChI=1S/C15H23N5S/c1-11(2)20-15(17-10-18-20)8-13(19-16)9-21-14-6-4-12(3)5-7-14/h4-7,10-11,13,19H,8-9,16H2,1-3H3. The normalized spacial score (nSPS) is 12.8. The van der Waals surface area contributed by atoms with Crippen LogP contribution in [0.1, 0.15) is 31.3 Å². The molecule has 0 bridgehead atoms. The molecule has 0 aliphatic rings. The van der Waals surface area contributed by atoms with Crippen molar-refractivity contribution in [2.75, 3.05) is 5.75 Å². The predicted octanol–water partition coefficient (Wildman–Crippen LogP) is 2.33. The number of hydrogen-bond donors (Lipinski definition) is 2. The Morgan fingerprint density at radius 1 is 1.29 bits per heavy atom. The molecule has 21 heavy (non-hydrogen) atoms. The first kappa shape index (κ1) is 16.0. The number of aromatic nitrogens is 3. The third-order valence-electron chi connectivity index (χ3n) is 3.27.